The summed E-state index contributed by atoms with van der Waals surface area (Å²) in [6.45, 7) is 0.0243. The SMILES string of the molecule is NC(=O)NS(=O)(=O)c1cccc(NC(=O)C[NH3+])c1. The lowest BCUT2D eigenvalue weighted by molar-refractivity contribution is -0.353. The summed E-state index contributed by atoms with van der Waals surface area (Å²) in [5.41, 5.74) is 8.43. The van der Waals surface area contributed by atoms with Gasteiger partial charge in [0.15, 0.2) is 6.54 Å². The van der Waals surface area contributed by atoms with Gasteiger partial charge in [0, 0.05) is 5.69 Å². The summed E-state index contributed by atoms with van der Waals surface area (Å²) in [4.78, 5) is 21.5. The largest absolute Gasteiger partial charge is 0.351 e. The third-order valence-electron chi connectivity index (χ3n) is 1.89. The first-order valence-electron chi connectivity index (χ1n) is 4.86. The number of hydrogen-bond donors (Lipinski definition) is 4. The van der Waals surface area contributed by atoms with Crippen molar-refractivity contribution in [2.75, 3.05) is 11.9 Å². The van der Waals surface area contributed by atoms with E-state index in [-0.39, 0.29) is 23.0 Å². The van der Waals surface area contributed by atoms with Crippen LogP contribution in [-0.4, -0.2) is 26.9 Å². The summed E-state index contributed by atoms with van der Waals surface area (Å²) in [5.74, 6) is -0.354. The minimum absolute atomic E-state index is 0.0243. The molecule has 3 amide bonds. The van der Waals surface area contributed by atoms with E-state index in [9.17, 15) is 18.0 Å². The molecule has 0 unspecified atom stereocenters. The van der Waals surface area contributed by atoms with Gasteiger partial charge in [-0.1, -0.05) is 6.07 Å². The van der Waals surface area contributed by atoms with Crippen LogP contribution in [0.1, 0.15) is 0 Å². The highest BCUT2D eigenvalue weighted by Gasteiger charge is 2.16. The van der Waals surface area contributed by atoms with Crippen LogP contribution in [0.15, 0.2) is 29.2 Å². The minimum Gasteiger partial charge on any atom is -0.351 e. The second-order valence-corrected chi connectivity index (χ2v) is 4.98. The Balaban J connectivity index is 3.01. The molecule has 0 aliphatic heterocycles. The van der Waals surface area contributed by atoms with Gasteiger partial charge >= 0.3 is 6.03 Å². The van der Waals surface area contributed by atoms with Crippen molar-refractivity contribution in [3.8, 4) is 0 Å². The molecule has 0 radical (unpaired) electrons. The molecule has 0 saturated heterocycles. The molecule has 98 valence electrons. The Morgan fingerprint density at radius 1 is 1.33 bits per heavy atom. The average Bonchev–Trinajstić information content (AvgIpc) is 2.27. The number of rotatable bonds is 4. The van der Waals surface area contributed by atoms with Gasteiger partial charge in [-0.3, -0.25) is 4.79 Å². The number of anilines is 1. The van der Waals surface area contributed by atoms with Crippen LogP contribution in [0.2, 0.25) is 0 Å². The topological polar surface area (TPSA) is 146 Å². The van der Waals surface area contributed by atoms with Gasteiger partial charge in [0.05, 0.1) is 4.90 Å². The molecule has 0 heterocycles. The van der Waals surface area contributed by atoms with Crippen LogP contribution in [0, 0.1) is 0 Å². The summed E-state index contributed by atoms with van der Waals surface area (Å²) in [6.07, 6.45) is 0. The monoisotopic (exact) mass is 273 g/mol. The lowest BCUT2D eigenvalue weighted by Gasteiger charge is -2.07. The van der Waals surface area contributed by atoms with E-state index < -0.39 is 16.1 Å². The van der Waals surface area contributed by atoms with Crippen LogP contribution in [0.25, 0.3) is 0 Å². The molecular weight excluding hydrogens is 260 g/mol. The number of amides is 3. The smallest absolute Gasteiger partial charge is 0.326 e. The van der Waals surface area contributed by atoms with Gasteiger partial charge in [0.1, 0.15) is 0 Å². The molecule has 0 bridgehead atoms. The van der Waals surface area contributed by atoms with Crippen molar-refractivity contribution in [3.05, 3.63) is 24.3 Å². The Kier molecular flexibility index (Phi) is 4.23. The van der Waals surface area contributed by atoms with Crippen LogP contribution in [0.4, 0.5) is 10.5 Å². The van der Waals surface area contributed by atoms with Gasteiger partial charge in [-0.2, -0.15) is 0 Å². The molecule has 7 N–H and O–H groups in total. The van der Waals surface area contributed by atoms with E-state index in [1.54, 1.807) is 4.72 Å². The highest BCUT2D eigenvalue weighted by Crippen LogP contribution is 2.14. The molecule has 0 aliphatic rings. The number of benzene rings is 1. The third kappa shape index (κ3) is 3.71. The first kappa shape index (κ1) is 13.9. The molecule has 8 nitrogen and oxygen atoms in total. The fourth-order valence-corrected chi connectivity index (χ4v) is 2.08. The van der Waals surface area contributed by atoms with E-state index in [4.69, 9.17) is 5.73 Å². The molecule has 0 fully saturated rings. The number of quaternary nitrogens is 1. The molecule has 0 saturated carbocycles. The maximum absolute atomic E-state index is 11.6. The van der Waals surface area contributed by atoms with E-state index in [0.29, 0.717) is 0 Å². The highest BCUT2D eigenvalue weighted by molar-refractivity contribution is 7.90. The zero-order valence-corrected chi connectivity index (χ0v) is 10.2. The number of nitrogens with one attached hydrogen (secondary N) is 2. The van der Waals surface area contributed by atoms with Crippen molar-refractivity contribution >= 4 is 27.6 Å². The van der Waals surface area contributed by atoms with Crippen LogP contribution < -0.4 is 21.5 Å². The number of carbonyl (C=O) groups is 2. The quantitative estimate of drug-likeness (QED) is 0.513. The lowest BCUT2D eigenvalue weighted by atomic mass is 10.3. The van der Waals surface area contributed by atoms with Crippen molar-refractivity contribution in [2.24, 2.45) is 5.73 Å². The number of urea groups is 1. The molecule has 1 rings (SSSR count). The summed E-state index contributed by atoms with van der Waals surface area (Å²) in [5, 5.41) is 2.45. The van der Waals surface area contributed by atoms with Crippen LogP contribution in [0.3, 0.4) is 0 Å². The Hall–Kier alpha value is -2.13. The Morgan fingerprint density at radius 3 is 2.56 bits per heavy atom. The van der Waals surface area contributed by atoms with Gasteiger partial charge < -0.3 is 16.8 Å². The van der Waals surface area contributed by atoms with Gasteiger partial charge in [-0.05, 0) is 18.2 Å². The van der Waals surface area contributed by atoms with Crippen molar-refractivity contribution in [2.45, 2.75) is 4.90 Å². The van der Waals surface area contributed by atoms with Crippen molar-refractivity contribution < 1.29 is 23.7 Å². The molecule has 1 aromatic carbocycles. The number of nitrogens with two attached hydrogens (primary N) is 1. The summed E-state index contributed by atoms with van der Waals surface area (Å²) < 4.78 is 24.8. The van der Waals surface area contributed by atoms with E-state index in [1.165, 1.54) is 24.3 Å². The first-order valence-corrected chi connectivity index (χ1v) is 6.35. The van der Waals surface area contributed by atoms with Gasteiger partial charge in [-0.15, -0.1) is 0 Å². The van der Waals surface area contributed by atoms with E-state index >= 15 is 0 Å². The Bertz CT molecular complexity index is 570. The van der Waals surface area contributed by atoms with Gasteiger partial charge in [-0.25, -0.2) is 17.9 Å². The van der Waals surface area contributed by atoms with Crippen molar-refractivity contribution in [1.82, 2.24) is 4.72 Å². The molecule has 0 aliphatic carbocycles. The maximum Gasteiger partial charge on any atom is 0.326 e. The molecule has 0 spiro atoms. The Labute approximate surface area is 103 Å². The molecule has 0 aromatic heterocycles. The highest BCUT2D eigenvalue weighted by atomic mass is 32.2. The van der Waals surface area contributed by atoms with Gasteiger partial charge in [0.25, 0.3) is 15.9 Å². The van der Waals surface area contributed by atoms with Crippen molar-refractivity contribution in [1.29, 1.82) is 0 Å². The fraction of sp³-hybridized carbons (Fsp3) is 0.111. The average molecular weight is 273 g/mol. The zero-order valence-electron chi connectivity index (χ0n) is 9.34. The lowest BCUT2D eigenvalue weighted by Crippen LogP contribution is -2.55. The number of sulfonamides is 1. The van der Waals surface area contributed by atoms with E-state index in [2.05, 4.69) is 11.1 Å². The molecule has 9 heteroatoms. The van der Waals surface area contributed by atoms with Crippen LogP contribution >= 0.6 is 0 Å². The standard InChI is InChI=1S/C9H12N4O4S/c10-5-8(14)12-6-2-1-3-7(4-6)18(16,17)13-9(11)15/h1-4H,5,10H2,(H,12,14)(H3,11,13,15)/p+1. The summed E-state index contributed by atoms with van der Waals surface area (Å²) >= 11 is 0. The summed E-state index contributed by atoms with van der Waals surface area (Å²) in [7, 11) is -4.02. The molecule has 1 aromatic rings. The molecule has 18 heavy (non-hydrogen) atoms. The number of primary amides is 1. The normalized spacial score (nSPS) is 10.7. The predicted molar refractivity (Wildman–Crippen MR) is 62.7 cm³/mol. The van der Waals surface area contributed by atoms with Gasteiger partial charge in [0.2, 0.25) is 0 Å². The second kappa shape index (κ2) is 5.47. The van der Waals surface area contributed by atoms with E-state index in [0.717, 1.165) is 0 Å². The summed E-state index contributed by atoms with van der Waals surface area (Å²) in [6, 6.07) is 4.23. The zero-order chi connectivity index (χ0) is 13.8. The van der Waals surface area contributed by atoms with E-state index in [1.807, 2.05) is 0 Å². The second-order valence-electron chi connectivity index (χ2n) is 3.30. The minimum atomic E-state index is -4.02. The predicted octanol–water partition coefficient (Wildman–Crippen LogP) is -1.78. The third-order valence-corrected chi connectivity index (χ3v) is 3.23. The van der Waals surface area contributed by atoms with Crippen LogP contribution in [-0.2, 0) is 14.8 Å². The van der Waals surface area contributed by atoms with Crippen LogP contribution in [0.5, 0.6) is 0 Å². The maximum atomic E-state index is 11.6. The fourth-order valence-electron chi connectivity index (χ4n) is 1.16. The first-order chi connectivity index (χ1) is 8.35. The number of carbonyl (C=O) groups excluding carboxylic acids is 2. The number of hydrogen-bond acceptors (Lipinski definition) is 4. The molecular formula is C9H13N4O4S+. The Morgan fingerprint density at radius 2 is 2.00 bits per heavy atom. The molecule has 0 atom stereocenters. The van der Waals surface area contributed by atoms with Crippen molar-refractivity contribution in [3.63, 3.8) is 0 Å².